The van der Waals surface area contributed by atoms with Crippen LogP contribution in [0.3, 0.4) is 0 Å². The van der Waals surface area contributed by atoms with Crippen LogP contribution in [0, 0.1) is 5.92 Å². The summed E-state index contributed by atoms with van der Waals surface area (Å²) in [4.78, 5) is 0. The van der Waals surface area contributed by atoms with E-state index in [9.17, 15) is 8.42 Å². The van der Waals surface area contributed by atoms with Gasteiger partial charge in [-0.3, -0.25) is 0 Å². The highest BCUT2D eigenvalue weighted by atomic mass is 32.2. The van der Waals surface area contributed by atoms with Crippen LogP contribution < -0.4 is 10.5 Å². The maximum atomic E-state index is 11.7. The van der Waals surface area contributed by atoms with E-state index in [1.54, 1.807) is 13.8 Å². The lowest BCUT2D eigenvalue weighted by atomic mass is 10.0. The Morgan fingerprint density at radius 2 is 2.12 bits per heavy atom. The highest BCUT2D eigenvalue weighted by Crippen LogP contribution is 2.26. The summed E-state index contributed by atoms with van der Waals surface area (Å²) in [7, 11) is -3.30. The first-order valence-electron chi connectivity index (χ1n) is 5.37. The fourth-order valence-corrected chi connectivity index (χ4v) is 2.85. The van der Waals surface area contributed by atoms with Gasteiger partial charge in [-0.25, -0.2) is 13.1 Å². The molecule has 16 heavy (non-hydrogen) atoms. The molecule has 0 saturated heterocycles. The van der Waals surface area contributed by atoms with Gasteiger partial charge in [-0.2, -0.15) is 0 Å². The predicted molar refractivity (Wildman–Crippen MR) is 61.7 cm³/mol. The van der Waals surface area contributed by atoms with Crippen molar-refractivity contribution in [1.29, 1.82) is 0 Å². The van der Waals surface area contributed by atoms with Gasteiger partial charge in [-0.05, 0) is 26.7 Å². The molecule has 1 fully saturated rings. The van der Waals surface area contributed by atoms with Crippen LogP contribution in [0.4, 0.5) is 0 Å². The molecule has 0 radical (unpaired) electrons. The highest BCUT2D eigenvalue weighted by molar-refractivity contribution is 7.90. The van der Waals surface area contributed by atoms with Gasteiger partial charge >= 0.3 is 0 Å². The third kappa shape index (κ3) is 2.85. The van der Waals surface area contributed by atoms with Crippen LogP contribution in [0.1, 0.15) is 33.1 Å². The van der Waals surface area contributed by atoms with Gasteiger partial charge in [0.05, 0.1) is 5.25 Å². The number of rotatable bonds is 4. The van der Waals surface area contributed by atoms with Crippen molar-refractivity contribution in [3.63, 3.8) is 0 Å². The zero-order valence-electron chi connectivity index (χ0n) is 9.55. The molecule has 1 aliphatic rings. The van der Waals surface area contributed by atoms with E-state index in [0.717, 1.165) is 19.3 Å². The van der Waals surface area contributed by atoms with E-state index in [-0.39, 0.29) is 17.8 Å². The predicted octanol–water partition coefficient (Wildman–Crippen LogP) is 0.229. The van der Waals surface area contributed by atoms with Crippen molar-refractivity contribution in [3.8, 4) is 0 Å². The molecule has 2 unspecified atom stereocenters. The average Bonchev–Trinajstić information content (AvgIpc) is 2.63. The van der Waals surface area contributed by atoms with Gasteiger partial charge in [0.2, 0.25) is 10.0 Å². The van der Waals surface area contributed by atoms with Crippen molar-refractivity contribution in [2.75, 3.05) is 0 Å². The Labute approximate surface area is 95.9 Å². The molecule has 0 aromatic carbocycles. The third-order valence-corrected chi connectivity index (χ3v) is 4.82. The van der Waals surface area contributed by atoms with Gasteiger partial charge in [0.15, 0.2) is 0 Å². The van der Waals surface area contributed by atoms with Crippen molar-refractivity contribution >= 4 is 15.9 Å². The average molecular weight is 249 g/mol. The number of amidine groups is 1. The minimum atomic E-state index is -3.30. The van der Waals surface area contributed by atoms with Gasteiger partial charge in [-0.15, -0.1) is 0 Å². The number of hydrogen-bond acceptors (Lipinski definition) is 4. The molecule has 1 aliphatic carbocycles. The van der Waals surface area contributed by atoms with Gasteiger partial charge < -0.3 is 10.9 Å². The second-order valence-corrected chi connectivity index (χ2v) is 6.65. The minimum Gasteiger partial charge on any atom is -0.409 e. The normalized spacial score (nSPS) is 27.6. The van der Waals surface area contributed by atoms with Gasteiger partial charge in [0, 0.05) is 12.0 Å². The van der Waals surface area contributed by atoms with Crippen LogP contribution in [-0.2, 0) is 10.0 Å². The van der Waals surface area contributed by atoms with Crippen molar-refractivity contribution in [2.45, 2.75) is 44.4 Å². The van der Waals surface area contributed by atoms with Gasteiger partial charge in [-0.1, -0.05) is 11.6 Å². The lowest BCUT2D eigenvalue weighted by Crippen LogP contribution is -2.44. The summed E-state index contributed by atoms with van der Waals surface area (Å²) in [5, 5.41) is 11.1. The molecule has 0 bridgehead atoms. The highest BCUT2D eigenvalue weighted by Gasteiger charge is 2.34. The second-order valence-electron chi connectivity index (χ2n) is 4.38. The number of nitrogens with zero attached hydrogens (tertiary/aromatic N) is 1. The third-order valence-electron chi connectivity index (χ3n) is 2.95. The monoisotopic (exact) mass is 249 g/mol. The number of oxime groups is 1. The summed E-state index contributed by atoms with van der Waals surface area (Å²) in [6, 6.07) is -0.247. The summed E-state index contributed by atoms with van der Waals surface area (Å²) in [5.41, 5.74) is 5.53. The Kier molecular flexibility index (Phi) is 4.15. The van der Waals surface area contributed by atoms with Crippen LogP contribution in [0.15, 0.2) is 5.16 Å². The molecule has 0 heterocycles. The van der Waals surface area contributed by atoms with E-state index >= 15 is 0 Å². The first-order chi connectivity index (χ1) is 7.38. The zero-order chi connectivity index (χ0) is 12.3. The van der Waals surface area contributed by atoms with E-state index < -0.39 is 15.3 Å². The maximum Gasteiger partial charge on any atom is 0.214 e. The molecule has 1 rings (SSSR count). The molecule has 0 aliphatic heterocycles. The fraction of sp³-hybridized carbons (Fsp3) is 0.889. The summed E-state index contributed by atoms with van der Waals surface area (Å²) in [5.74, 6) is -0.0903. The first kappa shape index (κ1) is 13.2. The van der Waals surface area contributed by atoms with Gasteiger partial charge in [0.1, 0.15) is 5.84 Å². The lowest BCUT2D eigenvalue weighted by Gasteiger charge is -2.21. The topological polar surface area (TPSA) is 105 Å². The first-order valence-corrected chi connectivity index (χ1v) is 6.91. The molecule has 0 spiro atoms. The molecule has 1 saturated carbocycles. The van der Waals surface area contributed by atoms with Crippen molar-refractivity contribution in [2.24, 2.45) is 16.8 Å². The Bertz CT molecular complexity index is 364. The Balaban J connectivity index is 2.75. The summed E-state index contributed by atoms with van der Waals surface area (Å²) < 4.78 is 26.0. The molecular formula is C9H19N3O3S. The Morgan fingerprint density at radius 3 is 2.62 bits per heavy atom. The SMILES string of the molecule is CC(C)S(=O)(=O)NC1CCCC1C(N)=NO. The molecule has 0 amide bonds. The molecule has 94 valence electrons. The summed E-state index contributed by atoms with van der Waals surface area (Å²) >= 11 is 0. The fourth-order valence-electron chi connectivity index (χ4n) is 1.88. The molecular weight excluding hydrogens is 230 g/mol. The smallest absolute Gasteiger partial charge is 0.214 e. The van der Waals surface area contributed by atoms with Crippen LogP contribution >= 0.6 is 0 Å². The minimum absolute atomic E-state index is 0.106. The molecule has 2 atom stereocenters. The van der Waals surface area contributed by atoms with Crippen LogP contribution in [0.25, 0.3) is 0 Å². The molecule has 0 aromatic heterocycles. The van der Waals surface area contributed by atoms with Crippen molar-refractivity contribution in [3.05, 3.63) is 0 Å². The van der Waals surface area contributed by atoms with Gasteiger partial charge in [0.25, 0.3) is 0 Å². The molecule has 0 aromatic rings. The Morgan fingerprint density at radius 1 is 1.50 bits per heavy atom. The molecule has 4 N–H and O–H groups in total. The standard InChI is InChI=1S/C9H19N3O3S/c1-6(2)16(14,15)12-8-5-3-4-7(8)9(10)11-13/h6-8,12-13H,3-5H2,1-2H3,(H2,10,11). The summed E-state index contributed by atoms with van der Waals surface area (Å²) in [6.07, 6.45) is 2.36. The molecule has 6 nitrogen and oxygen atoms in total. The number of nitrogens with two attached hydrogens (primary N) is 1. The van der Waals surface area contributed by atoms with Crippen LogP contribution in [-0.4, -0.2) is 30.8 Å². The second kappa shape index (κ2) is 5.01. The number of nitrogens with one attached hydrogen (secondary N) is 1. The van der Waals surface area contributed by atoms with E-state index in [1.807, 2.05) is 0 Å². The van der Waals surface area contributed by atoms with E-state index in [4.69, 9.17) is 10.9 Å². The quantitative estimate of drug-likeness (QED) is 0.287. The largest absolute Gasteiger partial charge is 0.409 e. The lowest BCUT2D eigenvalue weighted by molar-refractivity contribution is 0.312. The van der Waals surface area contributed by atoms with E-state index in [0.29, 0.717) is 0 Å². The molecule has 7 heteroatoms. The Hall–Kier alpha value is -0.820. The summed E-state index contributed by atoms with van der Waals surface area (Å²) in [6.45, 7) is 3.24. The zero-order valence-corrected chi connectivity index (χ0v) is 10.4. The van der Waals surface area contributed by atoms with Crippen LogP contribution in [0.5, 0.6) is 0 Å². The van der Waals surface area contributed by atoms with Crippen molar-refractivity contribution in [1.82, 2.24) is 4.72 Å². The van der Waals surface area contributed by atoms with Crippen molar-refractivity contribution < 1.29 is 13.6 Å². The maximum absolute atomic E-state index is 11.7. The van der Waals surface area contributed by atoms with E-state index in [1.165, 1.54) is 0 Å². The number of sulfonamides is 1. The van der Waals surface area contributed by atoms with Crippen LogP contribution in [0.2, 0.25) is 0 Å². The number of hydrogen-bond donors (Lipinski definition) is 3. The van der Waals surface area contributed by atoms with E-state index in [2.05, 4.69) is 9.88 Å².